The molecule has 0 saturated heterocycles. The minimum atomic E-state index is -0.177. The Labute approximate surface area is 71.0 Å². The first-order valence-corrected chi connectivity index (χ1v) is 4.03. The summed E-state index contributed by atoms with van der Waals surface area (Å²) in [5.74, 6) is 0. The SMILES string of the molecule is CCC(C)Nc1cn[nH]c(=O)c1. The van der Waals surface area contributed by atoms with Crippen molar-refractivity contribution in [2.24, 2.45) is 0 Å². The second-order valence-electron chi connectivity index (χ2n) is 2.79. The molecule has 1 rings (SSSR count). The van der Waals surface area contributed by atoms with Gasteiger partial charge >= 0.3 is 0 Å². The van der Waals surface area contributed by atoms with Crippen molar-refractivity contribution in [2.45, 2.75) is 26.3 Å². The number of aromatic amines is 1. The lowest BCUT2D eigenvalue weighted by Gasteiger charge is -2.11. The van der Waals surface area contributed by atoms with Gasteiger partial charge < -0.3 is 5.32 Å². The number of hydrogen-bond acceptors (Lipinski definition) is 3. The lowest BCUT2D eigenvalue weighted by atomic mass is 10.2. The summed E-state index contributed by atoms with van der Waals surface area (Å²) in [5, 5.41) is 9.14. The minimum absolute atomic E-state index is 0.177. The number of aromatic nitrogens is 2. The van der Waals surface area contributed by atoms with E-state index < -0.39 is 0 Å². The van der Waals surface area contributed by atoms with Crippen LogP contribution >= 0.6 is 0 Å². The Morgan fingerprint density at radius 3 is 3.08 bits per heavy atom. The van der Waals surface area contributed by atoms with Gasteiger partial charge in [-0.2, -0.15) is 5.10 Å². The van der Waals surface area contributed by atoms with Gasteiger partial charge in [-0.1, -0.05) is 6.92 Å². The number of H-pyrrole nitrogens is 1. The molecule has 2 N–H and O–H groups in total. The third-order valence-electron chi connectivity index (χ3n) is 1.69. The van der Waals surface area contributed by atoms with E-state index in [0.717, 1.165) is 12.1 Å². The average molecular weight is 167 g/mol. The van der Waals surface area contributed by atoms with Gasteiger partial charge in [0.15, 0.2) is 0 Å². The van der Waals surface area contributed by atoms with Crippen molar-refractivity contribution in [3.63, 3.8) is 0 Å². The summed E-state index contributed by atoms with van der Waals surface area (Å²) in [6, 6.07) is 1.87. The Morgan fingerprint density at radius 1 is 1.75 bits per heavy atom. The molecule has 0 radical (unpaired) electrons. The van der Waals surface area contributed by atoms with Crippen LogP contribution in [0.3, 0.4) is 0 Å². The van der Waals surface area contributed by atoms with Gasteiger partial charge in [-0.05, 0) is 13.3 Å². The molecule has 1 heterocycles. The first-order valence-electron chi connectivity index (χ1n) is 4.03. The fourth-order valence-electron chi connectivity index (χ4n) is 0.842. The number of rotatable bonds is 3. The summed E-state index contributed by atoms with van der Waals surface area (Å²) >= 11 is 0. The van der Waals surface area contributed by atoms with E-state index in [4.69, 9.17) is 0 Å². The molecule has 1 unspecified atom stereocenters. The van der Waals surface area contributed by atoms with Crippen molar-refractivity contribution in [3.8, 4) is 0 Å². The molecular weight excluding hydrogens is 154 g/mol. The normalized spacial score (nSPS) is 12.5. The number of anilines is 1. The smallest absolute Gasteiger partial charge is 0.266 e. The number of nitrogens with one attached hydrogen (secondary N) is 2. The van der Waals surface area contributed by atoms with E-state index in [1.807, 2.05) is 0 Å². The Hall–Kier alpha value is -1.32. The highest BCUT2D eigenvalue weighted by molar-refractivity contribution is 5.39. The Kier molecular flexibility index (Phi) is 2.85. The predicted octanol–water partition coefficient (Wildman–Crippen LogP) is 0.980. The summed E-state index contributed by atoms with van der Waals surface area (Å²) < 4.78 is 0. The highest BCUT2D eigenvalue weighted by Crippen LogP contribution is 2.03. The Balaban J connectivity index is 2.69. The lowest BCUT2D eigenvalue weighted by molar-refractivity contribution is 0.761. The fourth-order valence-corrected chi connectivity index (χ4v) is 0.842. The van der Waals surface area contributed by atoms with E-state index in [1.165, 1.54) is 6.07 Å². The van der Waals surface area contributed by atoms with Crippen LogP contribution in [0.4, 0.5) is 5.69 Å². The maximum atomic E-state index is 10.8. The highest BCUT2D eigenvalue weighted by Gasteiger charge is 1.98. The summed E-state index contributed by atoms with van der Waals surface area (Å²) in [7, 11) is 0. The van der Waals surface area contributed by atoms with E-state index in [-0.39, 0.29) is 5.56 Å². The van der Waals surface area contributed by atoms with Gasteiger partial charge in [0.1, 0.15) is 0 Å². The van der Waals surface area contributed by atoms with Crippen LogP contribution in [0, 0.1) is 0 Å². The van der Waals surface area contributed by atoms with Crippen molar-refractivity contribution in [3.05, 3.63) is 22.6 Å². The summed E-state index contributed by atoms with van der Waals surface area (Å²) in [4.78, 5) is 10.8. The van der Waals surface area contributed by atoms with Crippen LogP contribution in [0.1, 0.15) is 20.3 Å². The second kappa shape index (κ2) is 3.90. The zero-order valence-corrected chi connectivity index (χ0v) is 7.29. The van der Waals surface area contributed by atoms with Crippen LogP contribution in [0.2, 0.25) is 0 Å². The van der Waals surface area contributed by atoms with Crippen molar-refractivity contribution in [1.82, 2.24) is 10.2 Å². The van der Waals surface area contributed by atoms with Gasteiger partial charge in [-0.15, -0.1) is 0 Å². The van der Waals surface area contributed by atoms with Gasteiger partial charge in [0.25, 0.3) is 5.56 Å². The number of nitrogens with zero attached hydrogens (tertiary/aromatic N) is 1. The van der Waals surface area contributed by atoms with Crippen LogP contribution in [-0.2, 0) is 0 Å². The molecule has 1 atom stereocenters. The Bertz CT molecular complexity index is 294. The number of hydrogen-bond donors (Lipinski definition) is 2. The molecule has 1 aromatic heterocycles. The maximum absolute atomic E-state index is 10.8. The molecule has 0 saturated carbocycles. The van der Waals surface area contributed by atoms with Crippen LogP contribution in [0.15, 0.2) is 17.1 Å². The van der Waals surface area contributed by atoms with E-state index in [2.05, 4.69) is 29.4 Å². The molecular formula is C8H13N3O. The largest absolute Gasteiger partial charge is 0.381 e. The van der Waals surface area contributed by atoms with Gasteiger partial charge in [-0.25, -0.2) is 5.10 Å². The average Bonchev–Trinajstić information content (AvgIpc) is 2.04. The topological polar surface area (TPSA) is 57.8 Å². The quantitative estimate of drug-likeness (QED) is 0.705. The van der Waals surface area contributed by atoms with Crippen molar-refractivity contribution >= 4 is 5.69 Å². The molecule has 4 nitrogen and oxygen atoms in total. The monoisotopic (exact) mass is 167 g/mol. The van der Waals surface area contributed by atoms with Crippen LogP contribution < -0.4 is 10.9 Å². The van der Waals surface area contributed by atoms with Crippen molar-refractivity contribution < 1.29 is 0 Å². The molecule has 0 aliphatic heterocycles. The molecule has 12 heavy (non-hydrogen) atoms. The first kappa shape index (κ1) is 8.77. The summed E-state index contributed by atoms with van der Waals surface area (Å²) in [6.45, 7) is 4.14. The van der Waals surface area contributed by atoms with Gasteiger partial charge in [0.2, 0.25) is 0 Å². The third kappa shape index (κ3) is 2.38. The summed E-state index contributed by atoms with van der Waals surface area (Å²) in [5.41, 5.74) is 0.594. The molecule has 1 aromatic rings. The third-order valence-corrected chi connectivity index (χ3v) is 1.69. The molecule has 0 aromatic carbocycles. The highest BCUT2D eigenvalue weighted by atomic mass is 16.1. The maximum Gasteiger partial charge on any atom is 0.266 e. The lowest BCUT2D eigenvalue weighted by Crippen LogP contribution is -2.16. The van der Waals surface area contributed by atoms with E-state index in [9.17, 15) is 4.79 Å². The molecule has 66 valence electrons. The fraction of sp³-hybridized carbons (Fsp3) is 0.500. The molecule has 0 spiro atoms. The van der Waals surface area contributed by atoms with E-state index in [0.29, 0.717) is 6.04 Å². The minimum Gasteiger partial charge on any atom is -0.381 e. The molecule has 0 aliphatic rings. The molecule has 0 aliphatic carbocycles. The Morgan fingerprint density at radius 2 is 2.50 bits per heavy atom. The first-order chi connectivity index (χ1) is 5.72. The standard InChI is InChI=1S/C8H13N3O/c1-3-6(2)10-7-4-8(12)11-9-5-7/h4-6H,3H2,1-2H3,(H2,10,11,12). The van der Waals surface area contributed by atoms with Gasteiger partial charge in [0, 0.05) is 12.1 Å². The molecule has 0 fully saturated rings. The zero-order chi connectivity index (χ0) is 8.97. The molecule has 0 bridgehead atoms. The van der Waals surface area contributed by atoms with Gasteiger partial charge in [0.05, 0.1) is 11.9 Å². The van der Waals surface area contributed by atoms with Gasteiger partial charge in [-0.3, -0.25) is 4.79 Å². The van der Waals surface area contributed by atoms with Crippen LogP contribution in [-0.4, -0.2) is 16.2 Å². The zero-order valence-electron chi connectivity index (χ0n) is 7.29. The van der Waals surface area contributed by atoms with Crippen LogP contribution in [0.25, 0.3) is 0 Å². The molecule has 4 heteroatoms. The van der Waals surface area contributed by atoms with E-state index >= 15 is 0 Å². The summed E-state index contributed by atoms with van der Waals surface area (Å²) in [6.07, 6.45) is 2.63. The second-order valence-corrected chi connectivity index (χ2v) is 2.79. The van der Waals surface area contributed by atoms with E-state index in [1.54, 1.807) is 6.20 Å². The van der Waals surface area contributed by atoms with Crippen molar-refractivity contribution in [1.29, 1.82) is 0 Å². The van der Waals surface area contributed by atoms with Crippen molar-refractivity contribution in [2.75, 3.05) is 5.32 Å². The van der Waals surface area contributed by atoms with Crippen LogP contribution in [0.5, 0.6) is 0 Å². The predicted molar refractivity (Wildman–Crippen MR) is 48.2 cm³/mol. The molecule has 0 amide bonds.